The highest BCUT2D eigenvalue weighted by atomic mass is 32.2. The number of benzene rings is 2. The van der Waals surface area contributed by atoms with E-state index < -0.39 is 15.9 Å². The van der Waals surface area contributed by atoms with Gasteiger partial charge in [0, 0.05) is 30.9 Å². The summed E-state index contributed by atoms with van der Waals surface area (Å²) in [6.07, 6.45) is 1.61. The number of nitrogens with zero attached hydrogens (tertiary/aromatic N) is 2. The van der Waals surface area contributed by atoms with Crippen molar-refractivity contribution in [3.05, 3.63) is 54.1 Å². The van der Waals surface area contributed by atoms with Crippen molar-refractivity contribution in [2.75, 3.05) is 33.4 Å². The third-order valence-electron chi connectivity index (χ3n) is 5.68. The molecule has 2 aliphatic heterocycles. The molecule has 2 saturated heterocycles. The Morgan fingerprint density at radius 3 is 2.53 bits per heavy atom. The fourth-order valence-electron chi connectivity index (χ4n) is 4.07. The fraction of sp³-hybridized carbons (Fsp3) is 0.364. The minimum Gasteiger partial charge on any atom is -0.326 e. The quantitative estimate of drug-likeness (QED) is 0.795. The molecular weight excluding hydrogens is 402 g/mol. The summed E-state index contributed by atoms with van der Waals surface area (Å²) in [5.41, 5.74) is 3.14. The molecule has 2 aromatic rings. The highest BCUT2D eigenvalue weighted by Crippen LogP contribution is 2.30. The topological polar surface area (TPSA) is 86.8 Å². The average molecular weight is 428 g/mol. The van der Waals surface area contributed by atoms with Crippen molar-refractivity contribution < 1.29 is 18.0 Å². The number of anilines is 3. The maximum absolute atomic E-state index is 12.7. The van der Waals surface area contributed by atoms with Gasteiger partial charge in [0.05, 0.1) is 17.4 Å². The van der Waals surface area contributed by atoms with Crippen molar-refractivity contribution in [1.82, 2.24) is 0 Å². The summed E-state index contributed by atoms with van der Waals surface area (Å²) in [4.78, 5) is 27.0. The van der Waals surface area contributed by atoms with Gasteiger partial charge in [0.15, 0.2) is 0 Å². The van der Waals surface area contributed by atoms with E-state index >= 15 is 0 Å². The lowest BCUT2D eigenvalue weighted by Gasteiger charge is -2.20. The Balaban J connectivity index is 1.43. The summed E-state index contributed by atoms with van der Waals surface area (Å²) >= 11 is 0. The number of hydrogen-bond donors (Lipinski definition) is 1. The van der Waals surface area contributed by atoms with Gasteiger partial charge in [-0.15, -0.1) is 0 Å². The summed E-state index contributed by atoms with van der Waals surface area (Å²) in [7, 11) is -3.23. The molecular formula is C22H25N3O4S. The molecule has 158 valence electrons. The number of carbonyl (C=O) groups is 2. The largest absolute Gasteiger partial charge is 0.326 e. The predicted molar refractivity (Wildman–Crippen MR) is 117 cm³/mol. The van der Waals surface area contributed by atoms with Gasteiger partial charge in [0.1, 0.15) is 0 Å². The van der Waals surface area contributed by atoms with Crippen LogP contribution < -0.4 is 14.5 Å². The van der Waals surface area contributed by atoms with Crippen LogP contribution in [0.1, 0.15) is 25.3 Å². The predicted octanol–water partition coefficient (Wildman–Crippen LogP) is 2.78. The number of hydrogen-bond acceptors (Lipinski definition) is 4. The number of para-hydroxylation sites is 1. The Bertz CT molecular complexity index is 1070. The molecule has 4 rings (SSSR count). The Hall–Kier alpha value is -2.87. The maximum atomic E-state index is 12.7. The monoisotopic (exact) mass is 427 g/mol. The summed E-state index contributed by atoms with van der Waals surface area (Å²) < 4.78 is 25.5. The summed E-state index contributed by atoms with van der Waals surface area (Å²) in [6.45, 7) is 2.87. The first-order valence-electron chi connectivity index (χ1n) is 10.2. The van der Waals surface area contributed by atoms with Gasteiger partial charge < -0.3 is 10.2 Å². The molecule has 30 heavy (non-hydrogen) atoms. The second kappa shape index (κ2) is 8.10. The molecule has 8 heteroatoms. The van der Waals surface area contributed by atoms with Gasteiger partial charge in [-0.2, -0.15) is 0 Å². The lowest BCUT2D eigenvalue weighted by molar-refractivity contribution is -0.122. The number of carbonyl (C=O) groups excluding carboxylic acids is 2. The van der Waals surface area contributed by atoms with Crippen LogP contribution in [0, 0.1) is 5.92 Å². The molecule has 0 aromatic heterocycles. The highest BCUT2D eigenvalue weighted by Gasteiger charge is 2.36. The Kier molecular flexibility index (Phi) is 5.51. The van der Waals surface area contributed by atoms with Crippen LogP contribution in [-0.2, 0) is 26.0 Å². The number of sulfonamides is 1. The van der Waals surface area contributed by atoms with E-state index in [1.807, 2.05) is 31.2 Å². The number of rotatable bonds is 5. The number of amides is 2. The minimum absolute atomic E-state index is 0.0503. The van der Waals surface area contributed by atoms with E-state index in [4.69, 9.17) is 0 Å². The molecule has 7 nitrogen and oxygen atoms in total. The van der Waals surface area contributed by atoms with Gasteiger partial charge in [-0.3, -0.25) is 13.9 Å². The molecule has 0 radical (unpaired) electrons. The zero-order valence-electron chi connectivity index (χ0n) is 16.9. The van der Waals surface area contributed by atoms with Crippen LogP contribution in [0.15, 0.2) is 48.5 Å². The van der Waals surface area contributed by atoms with Crippen molar-refractivity contribution in [1.29, 1.82) is 0 Å². The van der Waals surface area contributed by atoms with Gasteiger partial charge in [0.2, 0.25) is 21.8 Å². The van der Waals surface area contributed by atoms with Crippen LogP contribution in [-0.4, -0.2) is 39.1 Å². The van der Waals surface area contributed by atoms with Crippen molar-refractivity contribution >= 4 is 38.9 Å². The molecule has 1 unspecified atom stereocenters. The minimum atomic E-state index is -3.23. The van der Waals surface area contributed by atoms with E-state index in [0.29, 0.717) is 30.9 Å². The fourth-order valence-corrected chi connectivity index (χ4v) is 5.64. The van der Waals surface area contributed by atoms with Crippen molar-refractivity contribution in [3.63, 3.8) is 0 Å². The molecule has 0 spiro atoms. The van der Waals surface area contributed by atoms with E-state index in [9.17, 15) is 18.0 Å². The molecule has 0 bridgehead atoms. The average Bonchev–Trinajstić information content (AvgIpc) is 3.30. The van der Waals surface area contributed by atoms with E-state index in [0.717, 1.165) is 17.7 Å². The molecule has 0 aliphatic carbocycles. The number of aryl methyl sites for hydroxylation is 1. The zero-order valence-corrected chi connectivity index (χ0v) is 17.7. The third kappa shape index (κ3) is 3.92. The first-order chi connectivity index (χ1) is 14.4. The van der Waals surface area contributed by atoms with Crippen LogP contribution in [0.2, 0.25) is 0 Å². The molecule has 0 saturated carbocycles. The maximum Gasteiger partial charge on any atom is 0.235 e. The Morgan fingerprint density at radius 2 is 1.87 bits per heavy atom. The van der Waals surface area contributed by atoms with E-state index in [-0.39, 0.29) is 24.0 Å². The van der Waals surface area contributed by atoms with Crippen LogP contribution in [0.3, 0.4) is 0 Å². The first-order valence-corrected chi connectivity index (χ1v) is 11.8. The van der Waals surface area contributed by atoms with E-state index in [1.54, 1.807) is 29.2 Å². The zero-order chi connectivity index (χ0) is 21.3. The number of nitrogens with one attached hydrogen (secondary N) is 1. The van der Waals surface area contributed by atoms with Gasteiger partial charge in [0.25, 0.3) is 0 Å². The smallest absolute Gasteiger partial charge is 0.235 e. The van der Waals surface area contributed by atoms with Gasteiger partial charge >= 0.3 is 0 Å². The van der Waals surface area contributed by atoms with Gasteiger partial charge in [-0.25, -0.2) is 8.42 Å². The standard InChI is InChI=1S/C22H25N3O4S/c1-2-16-6-3-4-7-20(16)24-15-17(14-21(24)26)22(27)23-18-8-10-19(11-9-18)25-12-5-13-30(25,28)29/h3-4,6-11,17H,2,5,12-15H2,1H3,(H,23,27). The molecule has 2 fully saturated rings. The van der Waals surface area contributed by atoms with Crippen LogP contribution in [0.4, 0.5) is 17.1 Å². The van der Waals surface area contributed by atoms with E-state index in [1.165, 1.54) is 4.31 Å². The molecule has 2 amide bonds. The van der Waals surface area contributed by atoms with Gasteiger partial charge in [-0.05, 0) is 48.7 Å². The lowest BCUT2D eigenvalue weighted by atomic mass is 10.1. The molecule has 2 heterocycles. The van der Waals surface area contributed by atoms with Crippen molar-refractivity contribution in [3.8, 4) is 0 Å². The third-order valence-corrected chi connectivity index (χ3v) is 7.55. The van der Waals surface area contributed by atoms with Gasteiger partial charge in [-0.1, -0.05) is 25.1 Å². The summed E-state index contributed by atoms with van der Waals surface area (Å²) in [6, 6.07) is 14.6. The second-order valence-corrected chi connectivity index (χ2v) is 9.68. The Labute approximate surface area is 176 Å². The SMILES string of the molecule is CCc1ccccc1N1CC(C(=O)Nc2ccc(N3CCCS3(=O)=O)cc2)CC1=O. The normalized spacial score (nSPS) is 20.6. The van der Waals surface area contributed by atoms with Crippen LogP contribution in [0.25, 0.3) is 0 Å². The summed E-state index contributed by atoms with van der Waals surface area (Å²) in [5.74, 6) is -0.521. The van der Waals surface area contributed by atoms with Crippen LogP contribution in [0.5, 0.6) is 0 Å². The Morgan fingerprint density at radius 1 is 1.13 bits per heavy atom. The van der Waals surface area contributed by atoms with Crippen molar-refractivity contribution in [2.24, 2.45) is 5.92 Å². The molecule has 1 N–H and O–H groups in total. The summed E-state index contributed by atoms with van der Waals surface area (Å²) in [5, 5.41) is 2.86. The van der Waals surface area contributed by atoms with Crippen LogP contribution >= 0.6 is 0 Å². The first kappa shape index (κ1) is 20.4. The lowest BCUT2D eigenvalue weighted by Crippen LogP contribution is -2.28. The van der Waals surface area contributed by atoms with E-state index in [2.05, 4.69) is 5.32 Å². The molecule has 2 aromatic carbocycles. The van der Waals surface area contributed by atoms with Crippen molar-refractivity contribution in [2.45, 2.75) is 26.2 Å². The second-order valence-electron chi connectivity index (χ2n) is 7.67. The highest BCUT2D eigenvalue weighted by molar-refractivity contribution is 7.93. The molecule has 1 atom stereocenters. The molecule has 2 aliphatic rings.